The molecule has 0 radical (unpaired) electrons. The molecule has 21 heavy (non-hydrogen) atoms. The topological polar surface area (TPSA) is 35.2 Å². The molecule has 0 bridgehead atoms. The van der Waals surface area contributed by atoms with Gasteiger partial charge in [-0.25, -0.2) is 8.78 Å². The average molecular weight is 315 g/mol. The standard InChI is InChI=1S/C14H9F4NOS/c15-9-5-10(16)12(18)13(11(9)17)20-6-7-2-1-3-8(4-7)14(19)21/h1-5H,6H2,(H2,19,21). The number of benzene rings is 2. The van der Waals surface area contributed by atoms with Crippen molar-refractivity contribution in [3.8, 4) is 5.75 Å². The summed E-state index contributed by atoms with van der Waals surface area (Å²) in [5.41, 5.74) is 6.48. The zero-order chi connectivity index (χ0) is 15.6. The van der Waals surface area contributed by atoms with Crippen LogP contribution >= 0.6 is 12.2 Å². The van der Waals surface area contributed by atoms with E-state index in [4.69, 9.17) is 22.7 Å². The van der Waals surface area contributed by atoms with Crippen LogP contribution in [0.1, 0.15) is 11.1 Å². The summed E-state index contributed by atoms with van der Waals surface area (Å²) in [6, 6.07) is 6.52. The Balaban J connectivity index is 2.25. The maximum Gasteiger partial charge on any atom is 0.203 e. The summed E-state index contributed by atoms with van der Waals surface area (Å²) in [5, 5.41) is 0. The Bertz CT molecular complexity index is 679. The van der Waals surface area contributed by atoms with E-state index in [1.807, 2.05) is 0 Å². The SMILES string of the molecule is NC(=S)c1cccc(COc2c(F)c(F)cc(F)c2F)c1. The van der Waals surface area contributed by atoms with E-state index in [0.717, 1.165) is 0 Å². The van der Waals surface area contributed by atoms with Gasteiger partial charge in [0.15, 0.2) is 17.4 Å². The molecule has 7 heteroatoms. The van der Waals surface area contributed by atoms with Gasteiger partial charge in [-0.05, 0) is 11.6 Å². The van der Waals surface area contributed by atoms with Crippen LogP contribution in [0, 0.1) is 23.3 Å². The fourth-order valence-corrected chi connectivity index (χ4v) is 1.77. The van der Waals surface area contributed by atoms with Gasteiger partial charge in [0.05, 0.1) is 0 Å². The minimum atomic E-state index is -1.58. The molecule has 0 saturated carbocycles. The zero-order valence-corrected chi connectivity index (χ0v) is 11.3. The number of hydrogen-bond acceptors (Lipinski definition) is 2. The highest BCUT2D eigenvalue weighted by atomic mass is 32.1. The highest BCUT2D eigenvalue weighted by molar-refractivity contribution is 7.80. The third-order valence-corrected chi connectivity index (χ3v) is 2.90. The predicted molar refractivity (Wildman–Crippen MR) is 72.9 cm³/mol. The molecule has 2 N–H and O–H groups in total. The minimum absolute atomic E-state index is 0.116. The van der Waals surface area contributed by atoms with Crippen molar-refractivity contribution >= 4 is 17.2 Å². The van der Waals surface area contributed by atoms with Crippen molar-refractivity contribution in [3.63, 3.8) is 0 Å². The average Bonchev–Trinajstić information content (AvgIpc) is 2.45. The molecule has 0 spiro atoms. The second kappa shape index (κ2) is 6.09. The number of rotatable bonds is 4. The van der Waals surface area contributed by atoms with Gasteiger partial charge in [0, 0.05) is 11.6 Å². The van der Waals surface area contributed by atoms with E-state index in [9.17, 15) is 17.6 Å². The lowest BCUT2D eigenvalue weighted by molar-refractivity contribution is 0.261. The van der Waals surface area contributed by atoms with Crippen molar-refractivity contribution in [2.75, 3.05) is 0 Å². The molecule has 2 aromatic rings. The van der Waals surface area contributed by atoms with Gasteiger partial charge in [-0.1, -0.05) is 30.4 Å². The highest BCUT2D eigenvalue weighted by Crippen LogP contribution is 2.27. The van der Waals surface area contributed by atoms with Crippen LogP contribution in [-0.4, -0.2) is 4.99 Å². The Morgan fingerprint density at radius 3 is 2.24 bits per heavy atom. The number of hydrogen-bond donors (Lipinski definition) is 1. The maximum absolute atomic E-state index is 13.4. The molecular weight excluding hydrogens is 306 g/mol. The van der Waals surface area contributed by atoms with E-state index >= 15 is 0 Å². The summed E-state index contributed by atoms with van der Waals surface area (Å²) in [6.07, 6.45) is 0. The summed E-state index contributed by atoms with van der Waals surface area (Å²) in [6.45, 7) is -0.298. The largest absolute Gasteiger partial charge is 0.483 e. The van der Waals surface area contributed by atoms with E-state index in [0.29, 0.717) is 11.1 Å². The summed E-state index contributed by atoms with van der Waals surface area (Å²) in [7, 11) is 0. The number of ether oxygens (including phenoxy) is 1. The number of thiocarbonyl (C=S) groups is 1. The molecule has 0 aliphatic carbocycles. The van der Waals surface area contributed by atoms with E-state index < -0.39 is 29.0 Å². The first kappa shape index (κ1) is 15.2. The second-order valence-corrected chi connectivity index (χ2v) is 4.59. The Labute approximate surface area is 123 Å². The molecule has 2 nitrogen and oxygen atoms in total. The molecule has 0 aliphatic rings. The third kappa shape index (κ3) is 3.30. The Hall–Kier alpha value is -2.15. The lowest BCUT2D eigenvalue weighted by atomic mass is 10.1. The lowest BCUT2D eigenvalue weighted by Gasteiger charge is -2.10. The molecular formula is C14H9F4NOS. The van der Waals surface area contributed by atoms with Gasteiger partial charge in [0.2, 0.25) is 11.6 Å². The van der Waals surface area contributed by atoms with E-state index in [1.54, 1.807) is 24.3 Å². The lowest BCUT2D eigenvalue weighted by Crippen LogP contribution is -2.10. The van der Waals surface area contributed by atoms with Crippen LogP contribution in [0.4, 0.5) is 17.6 Å². The minimum Gasteiger partial charge on any atom is -0.483 e. The molecule has 110 valence electrons. The van der Waals surface area contributed by atoms with Gasteiger partial charge in [-0.15, -0.1) is 0 Å². The molecule has 2 aromatic carbocycles. The van der Waals surface area contributed by atoms with Crippen LogP contribution in [0.15, 0.2) is 30.3 Å². The third-order valence-electron chi connectivity index (χ3n) is 2.67. The molecule has 0 atom stereocenters. The maximum atomic E-state index is 13.4. The van der Waals surface area contributed by atoms with Gasteiger partial charge >= 0.3 is 0 Å². The van der Waals surface area contributed by atoms with Crippen molar-refractivity contribution in [3.05, 3.63) is 64.7 Å². The first-order valence-corrected chi connectivity index (χ1v) is 6.15. The van der Waals surface area contributed by atoms with Crippen molar-refractivity contribution in [1.29, 1.82) is 0 Å². The first-order valence-electron chi connectivity index (χ1n) is 5.74. The Morgan fingerprint density at radius 1 is 1.05 bits per heavy atom. The first-order chi connectivity index (χ1) is 9.90. The number of nitrogens with two attached hydrogens (primary N) is 1. The molecule has 0 saturated heterocycles. The monoisotopic (exact) mass is 315 g/mol. The fourth-order valence-electron chi connectivity index (χ4n) is 1.65. The van der Waals surface area contributed by atoms with Gasteiger partial charge in [-0.2, -0.15) is 8.78 Å². The van der Waals surface area contributed by atoms with Gasteiger partial charge in [0.25, 0.3) is 0 Å². The summed E-state index contributed by atoms with van der Waals surface area (Å²) in [4.78, 5) is 0.144. The Morgan fingerprint density at radius 2 is 1.67 bits per heavy atom. The predicted octanol–water partition coefficient (Wildman–Crippen LogP) is 3.46. The van der Waals surface area contributed by atoms with E-state index in [2.05, 4.69) is 0 Å². The molecule has 0 aliphatic heterocycles. The number of halogens is 4. The summed E-state index contributed by atoms with van der Waals surface area (Å²) in [5.74, 6) is -7.33. The molecule has 0 amide bonds. The van der Waals surface area contributed by atoms with Crippen LogP contribution in [0.25, 0.3) is 0 Å². The van der Waals surface area contributed by atoms with Crippen molar-refractivity contribution in [2.24, 2.45) is 5.73 Å². The molecule has 0 heterocycles. The van der Waals surface area contributed by atoms with Gasteiger partial charge < -0.3 is 10.5 Å². The van der Waals surface area contributed by atoms with Crippen molar-refractivity contribution < 1.29 is 22.3 Å². The van der Waals surface area contributed by atoms with Crippen LogP contribution in [-0.2, 0) is 6.61 Å². The van der Waals surface area contributed by atoms with E-state index in [1.165, 1.54) is 0 Å². The van der Waals surface area contributed by atoms with Crippen LogP contribution in [0.3, 0.4) is 0 Å². The van der Waals surface area contributed by atoms with Crippen LogP contribution in [0.5, 0.6) is 5.75 Å². The molecule has 2 rings (SSSR count). The smallest absolute Gasteiger partial charge is 0.203 e. The van der Waals surface area contributed by atoms with Gasteiger partial charge in [-0.3, -0.25) is 0 Å². The van der Waals surface area contributed by atoms with Crippen molar-refractivity contribution in [1.82, 2.24) is 0 Å². The second-order valence-electron chi connectivity index (χ2n) is 4.15. The van der Waals surface area contributed by atoms with E-state index in [-0.39, 0.29) is 17.7 Å². The zero-order valence-electron chi connectivity index (χ0n) is 10.5. The summed E-state index contributed by atoms with van der Waals surface area (Å²) >= 11 is 4.79. The summed E-state index contributed by atoms with van der Waals surface area (Å²) < 4.78 is 57.7. The molecule has 0 fully saturated rings. The Kier molecular flexibility index (Phi) is 4.42. The van der Waals surface area contributed by atoms with Gasteiger partial charge in [0.1, 0.15) is 11.6 Å². The van der Waals surface area contributed by atoms with Crippen LogP contribution in [0.2, 0.25) is 0 Å². The normalized spacial score (nSPS) is 10.5. The van der Waals surface area contributed by atoms with Crippen LogP contribution < -0.4 is 10.5 Å². The molecule has 0 aromatic heterocycles. The quantitative estimate of drug-likeness (QED) is 0.533. The fraction of sp³-hybridized carbons (Fsp3) is 0.0714. The molecule has 0 unspecified atom stereocenters. The highest BCUT2D eigenvalue weighted by Gasteiger charge is 2.20. The van der Waals surface area contributed by atoms with Crippen molar-refractivity contribution in [2.45, 2.75) is 6.61 Å².